The van der Waals surface area contributed by atoms with Crippen molar-refractivity contribution in [1.82, 2.24) is 0 Å². The van der Waals surface area contributed by atoms with Gasteiger partial charge in [0.2, 0.25) is 0 Å². The quantitative estimate of drug-likeness (QED) is 0.460. The molecule has 1 aliphatic heterocycles. The van der Waals surface area contributed by atoms with Crippen LogP contribution in [0.15, 0.2) is 24.3 Å². The number of carbonyl (C=O) groups excluding carboxylic acids is 2. The first-order valence-corrected chi connectivity index (χ1v) is 5.64. The van der Waals surface area contributed by atoms with E-state index < -0.39 is 12.3 Å². The van der Waals surface area contributed by atoms with E-state index in [-0.39, 0.29) is 12.2 Å². The van der Waals surface area contributed by atoms with Crippen LogP contribution in [0.2, 0.25) is 0 Å². The van der Waals surface area contributed by atoms with Crippen molar-refractivity contribution in [2.45, 2.75) is 12.7 Å². The Morgan fingerprint density at radius 3 is 2.72 bits per heavy atom. The summed E-state index contributed by atoms with van der Waals surface area (Å²) in [6.07, 6.45) is -0.678. The topological polar surface area (TPSA) is 61.8 Å². The van der Waals surface area contributed by atoms with E-state index in [4.69, 9.17) is 9.47 Å². The Balaban J connectivity index is 2.11. The van der Waals surface area contributed by atoms with Gasteiger partial charge in [0.05, 0.1) is 20.3 Å². The van der Waals surface area contributed by atoms with Crippen molar-refractivity contribution in [2.75, 3.05) is 20.3 Å². The molecule has 0 aromatic heterocycles. The van der Waals surface area contributed by atoms with E-state index in [1.54, 1.807) is 18.2 Å². The second-order valence-corrected chi connectivity index (χ2v) is 3.88. The molecule has 18 heavy (non-hydrogen) atoms. The molecular formula is C13H14O5. The Morgan fingerprint density at radius 1 is 1.33 bits per heavy atom. The Labute approximate surface area is 105 Å². The van der Waals surface area contributed by atoms with Crippen LogP contribution in [0.5, 0.6) is 0 Å². The highest BCUT2D eigenvalue weighted by atomic mass is 16.7. The molecule has 0 N–H and O–H groups in total. The zero-order valence-electron chi connectivity index (χ0n) is 10.0. The van der Waals surface area contributed by atoms with Gasteiger partial charge in [-0.25, -0.2) is 0 Å². The van der Waals surface area contributed by atoms with E-state index in [9.17, 15) is 9.59 Å². The monoisotopic (exact) mass is 250 g/mol. The van der Waals surface area contributed by atoms with E-state index in [0.717, 1.165) is 5.56 Å². The molecule has 1 aromatic carbocycles. The highest BCUT2D eigenvalue weighted by Gasteiger charge is 2.20. The van der Waals surface area contributed by atoms with Gasteiger partial charge in [-0.15, -0.1) is 0 Å². The molecule has 0 atom stereocenters. The van der Waals surface area contributed by atoms with Crippen LogP contribution >= 0.6 is 0 Å². The molecule has 1 fully saturated rings. The third kappa shape index (κ3) is 2.94. The van der Waals surface area contributed by atoms with Crippen molar-refractivity contribution < 1.29 is 23.8 Å². The summed E-state index contributed by atoms with van der Waals surface area (Å²) < 4.78 is 15.2. The van der Waals surface area contributed by atoms with E-state index >= 15 is 0 Å². The molecule has 0 radical (unpaired) electrons. The third-order valence-corrected chi connectivity index (χ3v) is 2.64. The van der Waals surface area contributed by atoms with Crippen molar-refractivity contribution in [2.24, 2.45) is 0 Å². The lowest BCUT2D eigenvalue weighted by molar-refractivity contribution is -0.139. The number of benzene rings is 1. The minimum Gasteiger partial charge on any atom is -0.469 e. The van der Waals surface area contributed by atoms with E-state index in [1.807, 2.05) is 6.07 Å². The van der Waals surface area contributed by atoms with Crippen LogP contribution < -0.4 is 0 Å². The number of hydrogen-bond donors (Lipinski definition) is 0. The number of ether oxygens (including phenoxy) is 3. The maximum absolute atomic E-state index is 11.8. The molecular weight excluding hydrogens is 236 g/mol. The van der Waals surface area contributed by atoms with Gasteiger partial charge in [-0.3, -0.25) is 9.59 Å². The molecule has 0 bridgehead atoms. The molecule has 1 aliphatic rings. The molecule has 5 heteroatoms. The van der Waals surface area contributed by atoms with E-state index in [0.29, 0.717) is 18.8 Å². The molecule has 1 aromatic rings. The molecule has 2 rings (SSSR count). The molecule has 0 amide bonds. The zero-order valence-corrected chi connectivity index (χ0v) is 10.0. The zero-order chi connectivity index (χ0) is 13.0. The van der Waals surface area contributed by atoms with Crippen LogP contribution in [0.3, 0.4) is 0 Å². The second kappa shape index (κ2) is 5.75. The van der Waals surface area contributed by atoms with Crippen LogP contribution in [0.4, 0.5) is 0 Å². The number of Topliss-reactive ketones (excluding diaryl/α,β-unsaturated/α-hetero) is 1. The highest BCUT2D eigenvalue weighted by molar-refractivity contribution is 6.05. The van der Waals surface area contributed by atoms with Crippen molar-refractivity contribution in [1.29, 1.82) is 0 Å². The maximum atomic E-state index is 11.8. The van der Waals surface area contributed by atoms with Crippen molar-refractivity contribution >= 4 is 11.8 Å². The Hall–Kier alpha value is -1.72. The van der Waals surface area contributed by atoms with Crippen LogP contribution in [0.25, 0.3) is 0 Å². The average molecular weight is 250 g/mol. The first kappa shape index (κ1) is 12.7. The first-order valence-electron chi connectivity index (χ1n) is 5.64. The fourth-order valence-corrected chi connectivity index (χ4v) is 1.71. The summed E-state index contributed by atoms with van der Waals surface area (Å²) in [5.74, 6) is -0.819. The van der Waals surface area contributed by atoms with Crippen molar-refractivity contribution in [3.05, 3.63) is 35.4 Å². The van der Waals surface area contributed by atoms with Gasteiger partial charge in [0.25, 0.3) is 0 Å². The number of carbonyl (C=O) groups is 2. The summed E-state index contributed by atoms with van der Waals surface area (Å²) >= 11 is 0. The first-order chi connectivity index (χ1) is 8.70. The van der Waals surface area contributed by atoms with Crippen LogP contribution in [-0.2, 0) is 19.0 Å². The van der Waals surface area contributed by atoms with Crippen molar-refractivity contribution in [3.8, 4) is 0 Å². The molecule has 0 aliphatic carbocycles. The Morgan fingerprint density at radius 2 is 2.06 bits per heavy atom. The van der Waals surface area contributed by atoms with Crippen LogP contribution in [0.1, 0.15) is 28.6 Å². The molecule has 5 nitrogen and oxygen atoms in total. The molecule has 0 unspecified atom stereocenters. The average Bonchev–Trinajstić information content (AvgIpc) is 2.92. The number of rotatable bonds is 4. The summed E-state index contributed by atoms with van der Waals surface area (Å²) in [7, 11) is 1.26. The normalized spacial score (nSPS) is 15.6. The summed E-state index contributed by atoms with van der Waals surface area (Å²) in [6, 6.07) is 6.90. The fraction of sp³-hybridized carbons (Fsp3) is 0.385. The lowest BCUT2D eigenvalue weighted by Gasteiger charge is -2.10. The Kier molecular flexibility index (Phi) is 4.07. The van der Waals surface area contributed by atoms with Crippen LogP contribution in [0, 0.1) is 0 Å². The second-order valence-electron chi connectivity index (χ2n) is 3.88. The van der Waals surface area contributed by atoms with Gasteiger partial charge in [-0.05, 0) is 6.07 Å². The molecule has 1 heterocycles. The summed E-state index contributed by atoms with van der Waals surface area (Å²) in [4.78, 5) is 22.8. The minimum absolute atomic E-state index is 0.258. The predicted octanol–water partition coefficient (Wildman–Crippen LogP) is 1.48. The smallest absolute Gasteiger partial charge is 0.313 e. The summed E-state index contributed by atoms with van der Waals surface area (Å²) in [5, 5.41) is 0. The summed E-state index contributed by atoms with van der Waals surface area (Å²) in [6.45, 7) is 1.09. The van der Waals surface area contributed by atoms with Gasteiger partial charge in [0, 0.05) is 11.1 Å². The van der Waals surface area contributed by atoms with Gasteiger partial charge < -0.3 is 14.2 Å². The predicted molar refractivity (Wildman–Crippen MR) is 62.1 cm³/mol. The number of esters is 1. The van der Waals surface area contributed by atoms with Gasteiger partial charge in [-0.2, -0.15) is 0 Å². The fourth-order valence-electron chi connectivity index (χ4n) is 1.71. The number of methoxy groups -OCH3 is 1. The SMILES string of the molecule is COC(=O)CC(=O)c1cccc(C2OCCO2)c1. The van der Waals surface area contributed by atoms with Gasteiger partial charge in [0.15, 0.2) is 12.1 Å². The Bertz CT molecular complexity index is 448. The summed E-state index contributed by atoms with van der Waals surface area (Å²) in [5.41, 5.74) is 1.24. The standard InChI is InChI=1S/C13H14O5/c1-16-12(15)8-11(14)9-3-2-4-10(7-9)13-17-5-6-18-13/h2-4,7,13H,5-6,8H2,1H3. The lowest BCUT2D eigenvalue weighted by Crippen LogP contribution is -2.10. The maximum Gasteiger partial charge on any atom is 0.313 e. The molecule has 0 spiro atoms. The van der Waals surface area contributed by atoms with Crippen molar-refractivity contribution in [3.63, 3.8) is 0 Å². The van der Waals surface area contributed by atoms with E-state index in [1.165, 1.54) is 7.11 Å². The molecule has 96 valence electrons. The lowest BCUT2D eigenvalue weighted by atomic mass is 10.0. The van der Waals surface area contributed by atoms with Crippen LogP contribution in [-0.4, -0.2) is 32.1 Å². The van der Waals surface area contributed by atoms with Gasteiger partial charge in [0.1, 0.15) is 6.42 Å². The number of ketones is 1. The molecule has 1 saturated heterocycles. The largest absolute Gasteiger partial charge is 0.469 e. The number of hydrogen-bond acceptors (Lipinski definition) is 5. The third-order valence-electron chi connectivity index (χ3n) is 2.64. The molecule has 0 saturated carbocycles. The minimum atomic E-state index is -0.543. The van der Waals surface area contributed by atoms with Gasteiger partial charge in [-0.1, -0.05) is 18.2 Å². The van der Waals surface area contributed by atoms with E-state index in [2.05, 4.69) is 4.74 Å². The highest BCUT2D eigenvalue weighted by Crippen LogP contribution is 2.24. The van der Waals surface area contributed by atoms with Gasteiger partial charge >= 0.3 is 5.97 Å².